The lowest BCUT2D eigenvalue weighted by Crippen LogP contribution is -2.31. The van der Waals surface area contributed by atoms with Crippen LogP contribution in [0.15, 0.2) is 65.7 Å². The predicted molar refractivity (Wildman–Crippen MR) is 95.0 cm³/mol. The van der Waals surface area contributed by atoms with Gasteiger partial charge in [-0.15, -0.1) is 0 Å². The van der Waals surface area contributed by atoms with Crippen LogP contribution in [-0.2, 0) is 17.5 Å². The first-order valence-electron chi connectivity index (χ1n) is 8.18. The van der Waals surface area contributed by atoms with Gasteiger partial charge < -0.3 is 14.6 Å². The van der Waals surface area contributed by atoms with E-state index < -0.39 is 35.6 Å². The average Bonchev–Trinajstić information content (AvgIpc) is 2.66. The van der Waals surface area contributed by atoms with Crippen LogP contribution >= 0.6 is 0 Å². The molecule has 2 heterocycles. The van der Waals surface area contributed by atoms with Gasteiger partial charge in [-0.05, 0) is 42.5 Å². The molecule has 150 valence electrons. The number of benzene rings is 1. The standard InChI is InChI=1S/C19H13F4N3O3/c20-12-3-6-14(7-4-12)29-17-8-5-13(10-24-17)25-16(27)11-26-9-1-2-15(18(26)28)19(21,22)23/h1-10H,11H2,(H,25,27). The van der Waals surface area contributed by atoms with E-state index in [1.54, 1.807) is 0 Å². The molecule has 1 aromatic carbocycles. The third kappa shape index (κ3) is 5.18. The first-order valence-corrected chi connectivity index (χ1v) is 8.18. The van der Waals surface area contributed by atoms with Crippen LogP contribution in [0.2, 0.25) is 0 Å². The molecule has 1 N–H and O–H groups in total. The van der Waals surface area contributed by atoms with Crippen molar-refractivity contribution in [3.05, 3.63) is 82.7 Å². The predicted octanol–water partition coefficient (Wildman–Crippen LogP) is 3.83. The maximum absolute atomic E-state index is 12.9. The molecule has 2 aromatic heterocycles. The summed E-state index contributed by atoms with van der Waals surface area (Å²) in [6.07, 6.45) is -2.44. The van der Waals surface area contributed by atoms with Crippen LogP contribution in [0.3, 0.4) is 0 Å². The van der Waals surface area contributed by atoms with Gasteiger partial charge in [0.2, 0.25) is 11.8 Å². The Hall–Kier alpha value is -3.69. The van der Waals surface area contributed by atoms with Gasteiger partial charge in [0.15, 0.2) is 0 Å². The molecule has 3 aromatic rings. The van der Waals surface area contributed by atoms with Crippen LogP contribution in [0.25, 0.3) is 0 Å². The van der Waals surface area contributed by atoms with Gasteiger partial charge in [-0.1, -0.05) is 0 Å². The van der Waals surface area contributed by atoms with Crippen LogP contribution in [0, 0.1) is 5.82 Å². The number of anilines is 1. The number of aromatic nitrogens is 2. The Labute approximate surface area is 161 Å². The van der Waals surface area contributed by atoms with E-state index in [0.717, 1.165) is 12.3 Å². The van der Waals surface area contributed by atoms with E-state index in [-0.39, 0.29) is 11.6 Å². The number of hydrogen-bond acceptors (Lipinski definition) is 4. The summed E-state index contributed by atoms with van der Waals surface area (Å²) in [7, 11) is 0. The Morgan fingerprint density at radius 3 is 2.45 bits per heavy atom. The third-order valence-corrected chi connectivity index (χ3v) is 3.70. The molecule has 10 heteroatoms. The van der Waals surface area contributed by atoms with Crippen LogP contribution in [0.4, 0.5) is 23.2 Å². The first-order chi connectivity index (χ1) is 13.7. The number of nitrogens with one attached hydrogen (secondary N) is 1. The van der Waals surface area contributed by atoms with E-state index in [1.165, 1.54) is 42.6 Å². The van der Waals surface area contributed by atoms with Gasteiger partial charge in [0.05, 0.1) is 11.9 Å². The van der Waals surface area contributed by atoms with Gasteiger partial charge in [-0.2, -0.15) is 13.2 Å². The fourth-order valence-corrected chi connectivity index (χ4v) is 2.37. The lowest BCUT2D eigenvalue weighted by Gasteiger charge is -2.11. The van der Waals surface area contributed by atoms with Crippen molar-refractivity contribution in [3.8, 4) is 11.6 Å². The van der Waals surface area contributed by atoms with E-state index in [1.807, 2.05) is 0 Å². The molecule has 29 heavy (non-hydrogen) atoms. The molecule has 3 rings (SSSR count). The summed E-state index contributed by atoms with van der Waals surface area (Å²) >= 11 is 0. The van der Waals surface area contributed by atoms with E-state index in [9.17, 15) is 27.2 Å². The second kappa shape index (κ2) is 8.13. The molecule has 0 saturated heterocycles. The summed E-state index contributed by atoms with van der Waals surface area (Å²) in [6, 6.07) is 9.87. The lowest BCUT2D eigenvalue weighted by atomic mass is 10.2. The van der Waals surface area contributed by atoms with E-state index in [4.69, 9.17) is 4.74 Å². The van der Waals surface area contributed by atoms with Crippen molar-refractivity contribution in [1.82, 2.24) is 9.55 Å². The van der Waals surface area contributed by atoms with E-state index in [0.29, 0.717) is 16.4 Å². The van der Waals surface area contributed by atoms with E-state index in [2.05, 4.69) is 10.3 Å². The Kier molecular flexibility index (Phi) is 5.62. The Morgan fingerprint density at radius 1 is 1.10 bits per heavy atom. The van der Waals surface area contributed by atoms with Crippen molar-refractivity contribution in [2.75, 3.05) is 5.32 Å². The van der Waals surface area contributed by atoms with Crippen LogP contribution in [0.1, 0.15) is 5.56 Å². The minimum atomic E-state index is -4.80. The number of nitrogens with zero attached hydrogens (tertiary/aromatic N) is 2. The molecule has 0 fully saturated rings. The zero-order chi connectivity index (χ0) is 21.0. The normalized spacial score (nSPS) is 11.2. The van der Waals surface area contributed by atoms with E-state index >= 15 is 0 Å². The fraction of sp³-hybridized carbons (Fsp3) is 0.105. The first kappa shape index (κ1) is 20.1. The Morgan fingerprint density at radius 2 is 1.83 bits per heavy atom. The van der Waals surface area contributed by atoms with Crippen LogP contribution < -0.4 is 15.6 Å². The molecular formula is C19H13F4N3O3. The third-order valence-electron chi connectivity index (χ3n) is 3.70. The van der Waals surface area contributed by atoms with Crippen molar-refractivity contribution < 1.29 is 27.1 Å². The summed E-state index contributed by atoms with van der Waals surface area (Å²) in [5.41, 5.74) is -2.41. The highest BCUT2D eigenvalue weighted by molar-refractivity contribution is 5.90. The number of amides is 1. The average molecular weight is 407 g/mol. The fourth-order valence-electron chi connectivity index (χ4n) is 2.37. The minimum Gasteiger partial charge on any atom is -0.439 e. The molecule has 0 aliphatic heterocycles. The van der Waals surface area contributed by atoms with Crippen LogP contribution in [0.5, 0.6) is 11.6 Å². The number of pyridine rings is 2. The van der Waals surface area contributed by atoms with Gasteiger partial charge in [-0.3, -0.25) is 9.59 Å². The highest BCUT2D eigenvalue weighted by Gasteiger charge is 2.34. The smallest absolute Gasteiger partial charge is 0.421 e. The molecular weight excluding hydrogens is 394 g/mol. The molecule has 0 aliphatic rings. The maximum atomic E-state index is 12.9. The van der Waals surface area contributed by atoms with Gasteiger partial charge in [-0.25, -0.2) is 9.37 Å². The highest BCUT2D eigenvalue weighted by Crippen LogP contribution is 2.26. The van der Waals surface area contributed by atoms with Crippen molar-refractivity contribution in [3.63, 3.8) is 0 Å². The number of alkyl halides is 3. The highest BCUT2D eigenvalue weighted by atomic mass is 19.4. The zero-order valence-electron chi connectivity index (χ0n) is 14.6. The second-order valence-corrected chi connectivity index (χ2v) is 5.84. The summed E-state index contributed by atoms with van der Waals surface area (Å²) < 4.78 is 57.3. The molecule has 1 amide bonds. The number of hydrogen-bond donors (Lipinski definition) is 1. The molecule has 6 nitrogen and oxygen atoms in total. The topological polar surface area (TPSA) is 73.2 Å². The number of rotatable bonds is 5. The lowest BCUT2D eigenvalue weighted by molar-refractivity contribution is -0.139. The molecule has 0 bridgehead atoms. The largest absolute Gasteiger partial charge is 0.439 e. The summed E-state index contributed by atoms with van der Waals surface area (Å²) in [4.78, 5) is 27.9. The number of ether oxygens (including phenoxy) is 1. The molecule has 0 atom stereocenters. The van der Waals surface area contributed by atoms with Crippen LogP contribution in [-0.4, -0.2) is 15.5 Å². The second-order valence-electron chi connectivity index (χ2n) is 5.84. The molecule has 0 unspecified atom stereocenters. The number of carbonyl (C=O) groups excluding carboxylic acids is 1. The minimum absolute atomic E-state index is 0.184. The van der Waals surface area contributed by atoms with Crippen molar-refractivity contribution in [1.29, 1.82) is 0 Å². The molecule has 0 radical (unpaired) electrons. The summed E-state index contributed by atoms with van der Waals surface area (Å²) in [6.45, 7) is -0.601. The zero-order valence-corrected chi connectivity index (χ0v) is 14.6. The van der Waals surface area contributed by atoms with Crippen molar-refractivity contribution in [2.24, 2.45) is 0 Å². The Bertz CT molecular complexity index is 1060. The molecule has 0 saturated carbocycles. The Balaban J connectivity index is 1.64. The van der Waals surface area contributed by atoms with Gasteiger partial charge in [0.25, 0.3) is 5.56 Å². The monoisotopic (exact) mass is 407 g/mol. The SMILES string of the molecule is O=C(Cn1cccc(C(F)(F)F)c1=O)Nc1ccc(Oc2ccc(F)cc2)nc1. The van der Waals surface area contributed by atoms with Crippen molar-refractivity contribution in [2.45, 2.75) is 12.7 Å². The molecule has 0 spiro atoms. The number of carbonyl (C=O) groups is 1. The van der Waals surface area contributed by atoms with Crippen molar-refractivity contribution >= 4 is 11.6 Å². The number of halogens is 4. The maximum Gasteiger partial charge on any atom is 0.421 e. The quantitative estimate of drug-likeness (QED) is 0.653. The van der Waals surface area contributed by atoms with Gasteiger partial charge in [0.1, 0.15) is 23.7 Å². The molecule has 0 aliphatic carbocycles. The van der Waals surface area contributed by atoms with Gasteiger partial charge >= 0.3 is 6.18 Å². The summed E-state index contributed by atoms with van der Waals surface area (Å²) in [5.74, 6) is -0.577. The summed E-state index contributed by atoms with van der Waals surface area (Å²) in [5, 5.41) is 2.43. The van der Waals surface area contributed by atoms with Gasteiger partial charge in [0, 0.05) is 12.3 Å².